The number of hydrogen-bond acceptors (Lipinski definition) is 3. The highest BCUT2D eigenvalue weighted by Gasteiger charge is 2.03. The minimum absolute atomic E-state index is 0.516. The van der Waals surface area contributed by atoms with Gasteiger partial charge in [-0.1, -0.05) is 12.2 Å². The standard InChI is InChI=1S/C19H27Cl2N2O2/c1-2-3-18(4-9-22-10-16-24-14-7-20)19-5-11-23(12-6-19)13-17-25-15-8-21/h2-6,9,11-12H,7-8,10,13-17H2,1H3/q+1/b3-2-,18-4+,22-9?. The van der Waals surface area contributed by atoms with Gasteiger partial charge in [-0.25, -0.2) is 4.57 Å². The van der Waals surface area contributed by atoms with Crippen LogP contribution in [0.3, 0.4) is 0 Å². The molecule has 0 unspecified atom stereocenters. The quantitative estimate of drug-likeness (QED) is 0.171. The van der Waals surface area contributed by atoms with Crippen molar-refractivity contribution in [2.75, 3.05) is 44.7 Å². The number of allylic oxidation sites excluding steroid dienone is 4. The second-order valence-electron chi connectivity index (χ2n) is 5.10. The minimum Gasteiger partial charge on any atom is -0.378 e. The summed E-state index contributed by atoms with van der Waals surface area (Å²) in [5.41, 5.74) is 2.25. The summed E-state index contributed by atoms with van der Waals surface area (Å²) in [5, 5.41) is 0. The molecule has 0 radical (unpaired) electrons. The highest BCUT2D eigenvalue weighted by Crippen LogP contribution is 2.13. The van der Waals surface area contributed by atoms with Crippen LogP contribution >= 0.6 is 23.2 Å². The summed E-state index contributed by atoms with van der Waals surface area (Å²) in [4.78, 5) is 4.33. The molecule has 1 heterocycles. The van der Waals surface area contributed by atoms with Gasteiger partial charge < -0.3 is 9.47 Å². The van der Waals surface area contributed by atoms with Crippen LogP contribution in [0.15, 0.2) is 47.7 Å². The summed E-state index contributed by atoms with van der Waals surface area (Å²) in [6.45, 7) is 5.85. The Morgan fingerprint density at radius 2 is 1.76 bits per heavy atom. The molecule has 0 saturated carbocycles. The van der Waals surface area contributed by atoms with E-state index in [0.29, 0.717) is 44.7 Å². The van der Waals surface area contributed by atoms with Crippen LogP contribution in [0, 0.1) is 0 Å². The Morgan fingerprint density at radius 3 is 2.40 bits per heavy atom. The molecule has 1 aromatic heterocycles. The van der Waals surface area contributed by atoms with E-state index in [4.69, 9.17) is 32.7 Å². The molecule has 0 spiro atoms. The van der Waals surface area contributed by atoms with Crippen molar-refractivity contribution < 1.29 is 14.0 Å². The Balaban J connectivity index is 2.56. The third-order valence-corrected chi connectivity index (χ3v) is 3.54. The van der Waals surface area contributed by atoms with Crippen molar-refractivity contribution in [1.29, 1.82) is 0 Å². The van der Waals surface area contributed by atoms with E-state index in [-0.39, 0.29) is 0 Å². The van der Waals surface area contributed by atoms with E-state index in [0.717, 1.165) is 17.7 Å². The highest BCUT2D eigenvalue weighted by atomic mass is 35.5. The normalized spacial score (nSPS) is 12.5. The average molecular weight is 386 g/mol. The molecule has 0 saturated heterocycles. The number of halogens is 2. The molecule has 138 valence electrons. The van der Waals surface area contributed by atoms with E-state index in [1.54, 1.807) is 0 Å². The van der Waals surface area contributed by atoms with E-state index in [9.17, 15) is 0 Å². The van der Waals surface area contributed by atoms with E-state index in [2.05, 4.69) is 27.8 Å². The van der Waals surface area contributed by atoms with Crippen molar-refractivity contribution in [3.05, 3.63) is 48.3 Å². The van der Waals surface area contributed by atoms with Gasteiger partial charge in [0, 0.05) is 30.1 Å². The molecule has 4 nitrogen and oxygen atoms in total. The van der Waals surface area contributed by atoms with Gasteiger partial charge in [0.15, 0.2) is 18.9 Å². The van der Waals surface area contributed by atoms with Crippen LogP contribution in [0.25, 0.3) is 5.57 Å². The van der Waals surface area contributed by atoms with Crippen molar-refractivity contribution >= 4 is 35.0 Å². The number of hydrogen-bond donors (Lipinski definition) is 0. The zero-order chi connectivity index (χ0) is 18.2. The zero-order valence-electron chi connectivity index (χ0n) is 14.7. The van der Waals surface area contributed by atoms with Gasteiger partial charge in [0.1, 0.15) is 6.61 Å². The van der Waals surface area contributed by atoms with Crippen molar-refractivity contribution in [1.82, 2.24) is 0 Å². The first-order valence-corrected chi connectivity index (χ1v) is 9.48. The fraction of sp³-hybridized carbons (Fsp3) is 0.474. The first-order valence-electron chi connectivity index (χ1n) is 8.41. The number of aliphatic imine (C=N–C) groups is 1. The van der Waals surface area contributed by atoms with Crippen LogP contribution in [-0.4, -0.2) is 50.9 Å². The lowest BCUT2D eigenvalue weighted by Crippen LogP contribution is -2.35. The van der Waals surface area contributed by atoms with Crippen LogP contribution < -0.4 is 4.57 Å². The molecule has 0 aliphatic rings. The molecule has 1 rings (SSSR count). The predicted molar refractivity (Wildman–Crippen MR) is 106 cm³/mol. The third-order valence-electron chi connectivity index (χ3n) is 3.23. The Hall–Kier alpha value is -1.20. The third kappa shape index (κ3) is 10.4. The van der Waals surface area contributed by atoms with Gasteiger partial charge in [0.25, 0.3) is 0 Å². The Labute approximate surface area is 160 Å². The van der Waals surface area contributed by atoms with Gasteiger partial charge >= 0.3 is 0 Å². The maximum atomic E-state index is 5.58. The van der Waals surface area contributed by atoms with Crippen LogP contribution in [0.5, 0.6) is 0 Å². The van der Waals surface area contributed by atoms with Crippen LogP contribution in [-0.2, 0) is 16.0 Å². The summed E-state index contributed by atoms with van der Waals surface area (Å²) in [5.74, 6) is 1.05. The highest BCUT2D eigenvalue weighted by molar-refractivity contribution is 6.18. The number of rotatable bonds is 13. The Morgan fingerprint density at radius 1 is 1.08 bits per heavy atom. The lowest BCUT2D eigenvalue weighted by Gasteiger charge is -2.02. The van der Waals surface area contributed by atoms with Crippen molar-refractivity contribution in [2.45, 2.75) is 13.5 Å². The Kier molecular flexibility index (Phi) is 13.2. The molecule has 0 aliphatic heterocycles. The number of nitrogens with zero attached hydrogens (tertiary/aromatic N) is 2. The van der Waals surface area contributed by atoms with Crippen LogP contribution in [0.1, 0.15) is 12.5 Å². The summed E-state index contributed by atoms with van der Waals surface area (Å²) in [6.07, 6.45) is 12.0. The predicted octanol–water partition coefficient (Wildman–Crippen LogP) is 3.52. The lowest BCUT2D eigenvalue weighted by atomic mass is 10.1. The second-order valence-corrected chi connectivity index (χ2v) is 5.86. The fourth-order valence-electron chi connectivity index (χ4n) is 2.03. The van der Waals surface area contributed by atoms with Gasteiger partial charge in [-0.05, 0) is 24.1 Å². The summed E-state index contributed by atoms with van der Waals surface area (Å²) in [7, 11) is 0. The first kappa shape index (κ1) is 21.8. The van der Waals surface area contributed by atoms with Gasteiger partial charge in [0.2, 0.25) is 0 Å². The maximum absolute atomic E-state index is 5.58. The second kappa shape index (κ2) is 15.1. The largest absolute Gasteiger partial charge is 0.378 e. The molecule has 0 N–H and O–H groups in total. The average Bonchev–Trinajstić information content (AvgIpc) is 2.64. The van der Waals surface area contributed by atoms with Crippen molar-refractivity contribution in [3.63, 3.8) is 0 Å². The molecule has 0 fully saturated rings. The molecule has 6 heteroatoms. The van der Waals surface area contributed by atoms with Gasteiger partial charge in [-0.3, -0.25) is 4.99 Å². The summed E-state index contributed by atoms with van der Waals surface area (Å²) < 4.78 is 12.8. The monoisotopic (exact) mass is 385 g/mol. The zero-order valence-corrected chi connectivity index (χ0v) is 16.3. The molecule has 1 aromatic rings. The summed E-state index contributed by atoms with van der Waals surface area (Å²) in [6, 6.07) is 4.18. The SMILES string of the molecule is C/C=C\C(=C/C=NCCOCCCl)c1cc[n+](CCOCCCl)cc1. The Bertz CT molecular complexity index is 543. The van der Waals surface area contributed by atoms with Gasteiger partial charge in [0.05, 0.1) is 26.4 Å². The molecule has 25 heavy (non-hydrogen) atoms. The van der Waals surface area contributed by atoms with E-state index in [1.807, 2.05) is 37.7 Å². The number of alkyl halides is 2. The molecule has 0 amide bonds. The molecular formula is C19H27Cl2N2O2+. The number of ether oxygens (including phenoxy) is 2. The maximum Gasteiger partial charge on any atom is 0.171 e. The van der Waals surface area contributed by atoms with Crippen molar-refractivity contribution in [3.8, 4) is 0 Å². The minimum atomic E-state index is 0.516. The molecular weight excluding hydrogens is 359 g/mol. The molecule has 0 aliphatic carbocycles. The van der Waals surface area contributed by atoms with Crippen molar-refractivity contribution in [2.24, 2.45) is 4.99 Å². The molecule has 0 atom stereocenters. The smallest absolute Gasteiger partial charge is 0.171 e. The van der Waals surface area contributed by atoms with E-state index >= 15 is 0 Å². The van der Waals surface area contributed by atoms with E-state index in [1.165, 1.54) is 0 Å². The summed E-state index contributed by atoms with van der Waals surface area (Å²) >= 11 is 11.1. The first-order chi connectivity index (χ1) is 12.3. The van der Waals surface area contributed by atoms with Gasteiger partial charge in [-0.15, -0.1) is 23.2 Å². The molecule has 0 aromatic carbocycles. The topological polar surface area (TPSA) is 34.7 Å². The van der Waals surface area contributed by atoms with E-state index < -0.39 is 0 Å². The van der Waals surface area contributed by atoms with Gasteiger partial charge in [-0.2, -0.15) is 0 Å². The fourth-order valence-corrected chi connectivity index (χ4v) is 2.25. The number of aromatic nitrogens is 1. The van der Waals surface area contributed by atoms with Crippen LogP contribution in [0.2, 0.25) is 0 Å². The van der Waals surface area contributed by atoms with Crippen LogP contribution in [0.4, 0.5) is 0 Å². The number of pyridine rings is 1. The lowest BCUT2D eigenvalue weighted by molar-refractivity contribution is -0.698. The molecule has 0 bridgehead atoms.